The molecule has 1 aliphatic heterocycles. The van der Waals surface area contributed by atoms with Crippen LogP contribution in [0, 0.1) is 11.8 Å². The summed E-state index contributed by atoms with van der Waals surface area (Å²) >= 11 is 0. The molecule has 0 aliphatic carbocycles. The number of likely N-dealkylation sites (tertiary alicyclic amines) is 1. The zero-order valence-electron chi connectivity index (χ0n) is 12.5. The van der Waals surface area contributed by atoms with E-state index in [0.717, 1.165) is 24.9 Å². The predicted molar refractivity (Wildman–Crippen MR) is 82.9 cm³/mol. The number of rotatable bonds is 3. The molecule has 1 aromatic carbocycles. The number of hydrogen-bond acceptors (Lipinski definition) is 3. The van der Waals surface area contributed by atoms with E-state index >= 15 is 0 Å². The molecule has 1 amide bonds. The van der Waals surface area contributed by atoms with Gasteiger partial charge in [0.1, 0.15) is 0 Å². The highest BCUT2D eigenvalue weighted by Gasteiger charge is 2.25. The summed E-state index contributed by atoms with van der Waals surface area (Å²) in [5.74, 6) is 5.82. The fourth-order valence-electron chi connectivity index (χ4n) is 2.59. The lowest BCUT2D eigenvalue weighted by Crippen LogP contribution is -2.43. The third-order valence-electron chi connectivity index (χ3n) is 3.55. The number of benzene rings is 1. The molecule has 0 aromatic heterocycles. The maximum Gasteiger partial charge on any atom is 0.255 e. The molecule has 0 bridgehead atoms. The van der Waals surface area contributed by atoms with E-state index in [1.807, 2.05) is 36.1 Å². The smallest absolute Gasteiger partial charge is 0.255 e. The molecule has 0 saturated carbocycles. The van der Waals surface area contributed by atoms with Crippen molar-refractivity contribution in [2.75, 3.05) is 26.2 Å². The first kappa shape index (κ1) is 15.6. The summed E-state index contributed by atoms with van der Waals surface area (Å²) in [7, 11) is 0. The van der Waals surface area contributed by atoms with Crippen molar-refractivity contribution in [3.05, 3.63) is 35.4 Å². The van der Waals surface area contributed by atoms with Crippen LogP contribution in [0.25, 0.3) is 0 Å². The van der Waals surface area contributed by atoms with Gasteiger partial charge in [-0.3, -0.25) is 4.79 Å². The number of ether oxygens (including phenoxy) is 1. The van der Waals surface area contributed by atoms with Gasteiger partial charge >= 0.3 is 0 Å². The maximum atomic E-state index is 12.7. The molecule has 0 spiro atoms. The average Bonchev–Trinajstić information content (AvgIpc) is 2.53. The number of piperidine rings is 1. The number of carbonyl (C=O) groups excluding carboxylic acids is 1. The van der Waals surface area contributed by atoms with E-state index in [2.05, 4.69) is 11.8 Å². The highest BCUT2D eigenvalue weighted by atomic mass is 16.5. The summed E-state index contributed by atoms with van der Waals surface area (Å²) in [6, 6.07) is 7.44. The Hall–Kier alpha value is -1.83. The van der Waals surface area contributed by atoms with Crippen LogP contribution >= 0.6 is 0 Å². The quantitative estimate of drug-likeness (QED) is 0.859. The number of carbonyl (C=O) groups is 1. The topological polar surface area (TPSA) is 55.6 Å². The van der Waals surface area contributed by atoms with Crippen molar-refractivity contribution in [2.24, 2.45) is 5.73 Å². The number of amides is 1. The van der Waals surface area contributed by atoms with Gasteiger partial charge in [-0.2, -0.15) is 0 Å². The fraction of sp³-hybridized carbons (Fsp3) is 0.471. The fourth-order valence-corrected chi connectivity index (χ4v) is 2.59. The Kier molecular flexibility index (Phi) is 5.79. The average molecular weight is 286 g/mol. The second kappa shape index (κ2) is 7.82. The van der Waals surface area contributed by atoms with Crippen LogP contribution in [0.5, 0.6) is 0 Å². The Morgan fingerprint density at radius 3 is 3.05 bits per heavy atom. The highest BCUT2D eigenvalue weighted by Crippen LogP contribution is 2.18. The highest BCUT2D eigenvalue weighted by molar-refractivity contribution is 5.96. The molecular weight excluding hydrogens is 264 g/mol. The summed E-state index contributed by atoms with van der Waals surface area (Å²) < 4.78 is 5.66. The normalized spacial score (nSPS) is 18.0. The van der Waals surface area contributed by atoms with E-state index in [9.17, 15) is 4.79 Å². The molecule has 4 heteroatoms. The lowest BCUT2D eigenvalue weighted by Gasteiger charge is -2.32. The van der Waals surface area contributed by atoms with Gasteiger partial charge in [0.25, 0.3) is 5.91 Å². The van der Waals surface area contributed by atoms with Crippen LogP contribution in [-0.2, 0) is 4.74 Å². The van der Waals surface area contributed by atoms with Gasteiger partial charge in [0, 0.05) is 25.3 Å². The van der Waals surface area contributed by atoms with Crippen molar-refractivity contribution >= 4 is 5.91 Å². The molecule has 4 nitrogen and oxygen atoms in total. The minimum Gasteiger partial charge on any atom is -0.377 e. The van der Waals surface area contributed by atoms with E-state index < -0.39 is 0 Å². The molecule has 21 heavy (non-hydrogen) atoms. The van der Waals surface area contributed by atoms with E-state index in [1.165, 1.54) is 0 Å². The van der Waals surface area contributed by atoms with Gasteiger partial charge in [0.05, 0.1) is 18.2 Å². The maximum absolute atomic E-state index is 12.7. The largest absolute Gasteiger partial charge is 0.377 e. The van der Waals surface area contributed by atoms with Crippen LogP contribution in [-0.4, -0.2) is 43.2 Å². The zero-order valence-corrected chi connectivity index (χ0v) is 12.5. The van der Waals surface area contributed by atoms with Gasteiger partial charge in [-0.15, -0.1) is 0 Å². The first-order valence-corrected chi connectivity index (χ1v) is 7.45. The SMILES string of the molecule is CCOC1CCCN(C(=O)c2ccccc2C#CCN)C1. The van der Waals surface area contributed by atoms with Crippen molar-refractivity contribution in [3.63, 3.8) is 0 Å². The molecule has 1 aromatic rings. The Balaban J connectivity index is 2.16. The Bertz CT molecular complexity index is 543. The van der Waals surface area contributed by atoms with Gasteiger partial charge in [-0.05, 0) is 31.9 Å². The van der Waals surface area contributed by atoms with Crippen molar-refractivity contribution in [1.82, 2.24) is 4.90 Å². The lowest BCUT2D eigenvalue weighted by atomic mass is 10.0. The van der Waals surface area contributed by atoms with Gasteiger partial charge in [-0.1, -0.05) is 24.0 Å². The molecular formula is C17H22N2O2. The molecule has 0 radical (unpaired) electrons. The molecule has 1 unspecified atom stereocenters. The predicted octanol–water partition coefficient (Wildman–Crippen LogP) is 1.64. The van der Waals surface area contributed by atoms with E-state index in [4.69, 9.17) is 10.5 Å². The van der Waals surface area contributed by atoms with Gasteiger partial charge in [0.15, 0.2) is 0 Å². The monoisotopic (exact) mass is 286 g/mol. The van der Waals surface area contributed by atoms with Crippen LogP contribution < -0.4 is 5.73 Å². The summed E-state index contributed by atoms with van der Waals surface area (Å²) in [5.41, 5.74) is 6.80. The lowest BCUT2D eigenvalue weighted by molar-refractivity contribution is 0.00723. The van der Waals surface area contributed by atoms with Crippen LogP contribution in [0.1, 0.15) is 35.7 Å². The Morgan fingerprint density at radius 2 is 2.29 bits per heavy atom. The molecule has 112 valence electrons. The van der Waals surface area contributed by atoms with Crippen LogP contribution in [0.3, 0.4) is 0 Å². The Labute approximate surface area is 126 Å². The van der Waals surface area contributed by atoms with Crippen LogP contribution in [0.2, 0.25) is 0 Å². The Morgan fingerprint density at radius 1 is 1.48 bits per heavy atom. The third kappa shape index (κ3) is 4.07. The van der Waals surface area contributed by atoms with Gasteiger partial charge < -0.3 is 15.4 Å². The summed E-state index contributed by atoms with van der Waals surface area (Å²) in [6.45, 7) is 4.40. The molecule has 1 atom stereocenters. The molecule has 2 N–H and O–H groups in total. The van der Waals surface area contributed by atoms with Crippen molar-refractivity contribution in [3.8, 4) is 11.8 Å². The van der Waals surface area contributed by atoms with E-state index in [0.29, 0.717) is 25.3 Å². The van der Waals surface area contributed by atoms with E-state index in [-0.39, 0.29) is 12.0 Å². The third-order valence-corrected chi connectivity index (χ3v) is 3.55. The summed E-state index contributed by atoms with van der Waals surface area (Å²) in [4.78, 5) is 14.6. The molecule has 1 saturated heterocycles. The molecule has 2 rings (SSSR count). The summed E-state index contributed by atoms with van der Waals surface area (Å²) in [6.07, 6.45) is 2.15. The minimum absolute atomic E-state index is 0.0290. The second-order valence-corrected chi connectivity index (χ2v) is 5.02. The van der Waals surface area contributed by atoms with Crippen LogP contribution in [0.4, 0.5) is 0 Å². The summed E-state index contributed by atoms with van der Waals surface area (Å²) in [5, 5.41) is 0. The number of hydrogen-bond donors (Lipinski definition) is 1. The zero-order chi connectivity index (χ0) is 15.1. The molecule has 1 aliphatic rings. The second-order valence-electron chi connectivity index (χ2n) is 5.02. The standard InChI is InChI=1S/C17H22N2O2/c1-2-21-15-9-6-12-19(13-15)17(20)16-10-4-3-7-14(16)8-5-11-18/h3-4,7,10,15H,2,6,9,11-13,18H2,1H3. The molecule has 1 heterocycles. The van der Waals surface area contributed by atoms with Crippen molar-refractivity contribution in [2.45, 2.75) is 25.9 Å². The van der Waals surface area contributed by atoms with Crippen molar-refractivity contribution in [1.29, 1.82) is 0 Å². The van der Waals surface area contributed by atoms with Crippen molar-refractivity contribution < 1.29 is 9.53 Å². The minimum atomic E-state index is 0.0290. The van der Waals surface area contributed by atoms with E-state index in [1.54, 1.807) is 0 Å². The van der Waals surface area contributed by atoms with Gasteiger partial charge in [0.2, 0.25) is 0 Å². The number of nitrogens with zero attached hydrogens (tertiary/aromatic N) is 1. The first-order valence-electron chi connectivity index (χ1n) is 7.45. The van der Waals surface area contributed by atoms with Gasteiger partial charge in [-0.25, -0.2) is 0 Å². The van der Waals surface area contributed by atoms with Crippen LogP contribution in [0.15, 0.2) is 24.3 Å². The number of nitrogens with two attached hydrogens (primary N) is 1. The molecule has 1 fully saturated rings. The first-order chi connectivity index (χ1) is 10.3.